The third-order valence-electron chi connectivity index (χ3n) is 5.42. The molecule has 2 amide bonds. The highest BCUT2D eigenvalue weighted by Crippen LogP contribution is 2.22. The van der Waals surface area contributed by atoms with Gasteiger partial charge in [0.1, 0.15) is 24.2 Å². The van der Waals surface area contributed by atoms with Crippen LogP contribution < -0.4 is 10.1 Å². The van der Waals surface area contributed by atoms with Crippen molar-refractivity contribution in [3.63, 3.8) is 0 Å². The highest BCUT2D eigenvalue weighted by molar-refractivity contribution is 5.95. The monoisotopic (exact) mass is 436 g/mol. The zero-order valence-corrected chi connectivity index (χ0v) is 17.6. The number of nitrogens with one attached hydrogen (secondary N) is 1. The number of rotatable bonds is 7. The molecule has 4 rings (SSSR count). The lowest BCUT2D eigenvalue weighted by Gasteiger charge is -2.29. The van der Waals surface area contributed by atoms with E-state index in [-0.39, 0.29) is 36.5 Å². The van der Waals surface area contributed by atoms with Gasteiger partial charge in [0, 0.05) is 13.1 Å². The molecule has 0 radical (unpaired) electrons. The van der Waals surface area contributed by atoms with Crippen molar-refractivity contribution in [2.45, 2.75) is 38.5 Å². The maximum atomic E-state index is 13.4. The quantitative estimate of drug-likeness (QED) is 0.599. The van der Waals surface area contributed by atoms with Crippen LogP contribution in [0.15, 0.2) is 71.3 Å². The SMILES string of the molecule is O=C1NCCCC[C@@H]1N(Cc1cccc(OCc2cccc(F)c2)c1)C(=O)c1ccco1. The molecule has 0 spiro atoms. The van der Waals surface area contributed by atoms with E-state index in [4.69, 9.17) is 9.15 Å². The highest BCUT2D eigenvalue weighted by atomic mass is 19.1. The molecule has 0 bridgehead atoms. The molecule has 3 aromatic rings. The Morgan fingerprint density at radius 1 is 1.09 bits per heavy atom. The van der Waals surface area contributed by atoms with Crippen molar-refractivity contribution < 1.29 is 23.1 Å². The second kappa shape index (κ2) is 10.1. The predicted octanol–water partition coefficient (Wildman–Crippen LogP) is 4.31. The van der Waals surface area contributed by atoms with Crippen LogP contribution in [0.25, 0.3) is 0 Å². The van der Waals surface area contributed by atoms with Gasteiger partial charge in [0.25, 0.3) is 5.91 Å². The van der Waals surface area contributed by atoms with Gasteiger partial charge in [-0.15, -0.1) is 0 Å². The standard InChI is InChI=1S/C25H25FN2O4/c26-20-8-3-7-19(14-20)17-32-21-9-4-6-18(15-21)16-28(25(30)23-11-5-13-31-23)22-10-1-2-12-27-24(22)29/h3-9,11,13-15,22H,1-2,10,12,16-17H2,(H,27,29)/t22-/m0/s1. The molecule has 0 unspecified atom stereocenters. The van der Waals surface area contributed by atoms with Crippen molar-refractivity contribution in [3.8, 4) is 5.75 Å². The minimum absolute atomic E-state index is 0.152. The minimum Gasteiger partial charge on any atom is -0.489 e. The third kappa shape index (κ3) is 5.35. The number of hydrogen-bond donors (Lipinski definition) is 1. The van der Waals surface area contributed by atoms with E-state index >= 15 is 0 Å². The van der Waals surface area contributed by atoms with Crippen molar-refractivity contribution in [2.75, 3.05) is 6.54 Å². The molecule has 1 N–H and O–H groups in total. The molecule has 2 aromatic carbocycles. The van der Waals surface area contributed by atoms with Crippen molar-refractivity contribution in [3.05, 3.63) is 89.6 Å². The Balaban J connectivity index is 1.53. The number of amides is 2. The summed E-state index contributed by atoms with van der Waals surface area (Å²) < 4.78 is 24.5. The van der Waals surface area contributed by atoms with Gasteiger partial charge < -0.3 is 19.4 Å². The van der Waals surface area contributed by atoms with E-state index in [9.17, 15) is 14.0 Å². The molecule has 6 nitrogen and oxygen atoms in total. The number of benzene rings is 2. The zero-order chi connectivity index (χ0) is 22.3. The number of carbonyl (C=O) groups excluding carboxylic acids is 2. The summed E-state index contributed by atoms with van der Waals surface area (Å²) in [5.74, 6) is 0.000637. The maximum absolute atomic E-state index is 13.4. The fourth-order valence-electron chi connectivity index (χ4n) is 3.81. The zero-order valence-electron chi connectivity index (χ0n) is 17.6. The smallest absolute Gasteiger partial charge is 0.290 e. The number of carbonyl (C=O) groups is 2. The normalized spacial score (nSPS) is 16.2. The molecular weight excluding hydrogens is 411 g/mol. The molecule has 1 saturated heterocycles. The van der Waals surface area contributed by atoms with E-state index in [1.54, 1.807) is 35.2 Å². The van der Waals surface area contributed by atoms with E-state index < -0.39 is 6.04 Å². The second-order valence-electron chi connectivity index (χ2n) is 7.78. The summed E-state index contributed by atoms with van der Waals surface area (Å²) in [6.45, 7) is 1.07. The summed E-state index contributed by atoms with van der Waals surface area (Å²) in [6, 6.07) is 16.3. The van der Waals surface area contributed by atoms with Crippen LogP contribution >= 0.6 is 0 Å². The second-order valence-corrected chi connectivity index (χ2v) is 7.78. The Kier molecular flexibility index (Phi) is 6.84. The summed E-state index contributed by atoms with van der Waals surface area (Å²) in [7, 11) is 0. The molecule has 166 valence electrons. The van der Waals surface area contributed by atoms with Crippen molar-refractivity contribution in [2.24, 2.45) is 0 Å². The lowest BCUT2D eigenvalue weighted by molar-refractivity contribution is -0.125. The van der Waals surface area contributed by atoms with Gasteiger partial charge in [-0.25, -0.2) is 4.39 Å². The first kappa shape index (κ1) is 21.6. The van der Waals surface area contributed by atoms with Gasteiger partial charge >= 0.3 is 0 Å². The Morgan fingerprint density at radius 2 is 1.94 bits per heavy atom. The minimum atomic E-state index is -0.577. The fraction of sp³-hybridized carbons (Fsp3) is 0.280. The van der Waals surface area contributed by atoms with Crippen molar-refractivity contribution in [1.29, 1.82) is 0 Å². The van der Waals surface area contributed by atoms with Gasteiger partial charge in [-0.3, -0.25) is 9.59 Å². The average Bonchev–Trinajstić information content (AvgIpc) is 3.25. The molecule has 0 saturated carbocycles. The van der Waals surface area contributed by atoms with Crippen LogP contribution in [0.3, 0.4) is 0 Å². The molecule has 1 fully saturated rings. The van der Waals surface area contributed by atoms with Crippen molar-refractivity contribution >= 4 is 11.8 Å². The van der Waals surface area contributed by atoms with Gasteiger partial charge in [0.15, 0.2) is 5.76 Å². The fourth-order valence-corrected chi connectivity index (χ4v) is 3.81. The van der Waals surface area contributed by atoms with Crippen LogP contribution in [-0.2, 0) is 17.9 Å². The van der Waals surface area contributed by atoms with E-state index in [0.29, 0.717) is 18.7 Å². The molecule has 0 aliphatic carbocycles. The summed E-state index contributed by atoms with van der Waals surface area (Å²) in [5.41, 5.74) is 1.54. The number of nitrogens with zero attached hydrogens (tertiary/aromatic N) is 1. The number of ether oxygens (including phenoxy) is 1. The third-order valence-corrected chi connectivity index (χ3v) is 5.42. The van der Waals surface area contributed by atoms with Crippen LogP contribution in [0.5, 0.6) is 5.75 Å². The molecule has 7 heteroatoms. The topological polar surface area (TPSA) is 71.8 Å². The van der Waals surface area contributed by atoms with Gasteiger partial charge in [0.2, 0.25) is 5.91 Å². The van der Waals surface area contributed by atoms with Crippen LogP contribution in [0.2, 0.25) is 0 Å². The maximum Gasteiger partial charge on any atom is 0.290 e. The summed E-state index contributed by atoms with van der Waals surface area (Å²) in [4.78, 5) is 27.4. The van der Waals surface area contributed by atoms with E-state index in [1.165, 1.54) is 18.4 Å². The summed E-state index contributed by atoms with van der Waals surface area (Å²) in [6.07, 6.45) is 3.77. The largest absolute Gasteiger partial charge is 0.489 e. The molecule has 2 heterocycles. The molecule has 32 heavy (non-hydrogen) atoms. The molecule has 1 aromatic heterocycles. The molecule has 1 aliphatic rings. The Hall–Kier alpha value is -3.61. The Morgan fingerprint density at radius 3 is 2.75 bits per heavy atom. The Bertz CT molecular complexity index is 1070. The lowest BCUT2D eigenvalue weighted by Crippen LogP contribution is -2.48. The molecule has 1 aliphatic heterocycles. The molecule has 1 atom stereocenters. The first-order chi connectivity index (χ1) is 15.6. The van der Waals surface area contributed by atoms with Crippen LogP contribution in [0, 0.1) is 5.82 Å². The number of furan rings is 1. The van der Waals surface area contributed by atoms with Crippen LogP contribution in [-0.4, -0.2) is 29.3 Å². The first-order valence-electron chi connectivity index (χ1n) is 10.7. The van der Waals surface area contributed by atoms with E-state index in [1.807, 2.05) is 18.2 Å². The van der Waals surface area contributed by atoms with Crippen LogP contribution in [0.1, 0.15) is 40.9 Å². The number of halogens is 1. The first-order valence-corrected chi connectivity index (χ1v) is 10.7. The van der Waals surface area contributed by atoms with E-state index in [2.05, 4.69) is 5.32 Å². The highest BCUT2D eigenvalue weighted by Gasteiger charge is 2.32. The predicted molar refractivity (Wildman–Crippen MR) is 116 cm³/mol. The van der Waals surface area contributed by atoms with E-state index in [0.717, 1.165) is 24.0 Å². The Labute approximate surface area is 186 Å². The molecular formula is C25H25FN2O4. The summed E-state index contributed by atoms with van der Waals surface area (Å²) >= 11 is 0. The van der Waals surface area contributed by atoms with Gasteiger partial charge in [-0.2, -0.15) is 0 Å². The van der Waals surface area contributed by atoms with Gasteiger partial charge in [-0.05, 0) is 66.8 Å². The van der Waals surface area contributed by atoms with Crippen LogP contribution in [0.4, 0.5) is 4.39 Å². The average molecular weight is 436 g/mol. The lowest BCUT2D eigenvalue weighted by atomic mass is 10.1. The number of hydrogen-bond acceptors (Lipinski definition) is 4. The summed E-state index contributed by atoms with van der Waals surface area (Å²) in [5, 5.41) is 2.90. The van der Waals surface area contributed by atoms with Gasteiger partial charge in [-0.1, -0.05) is 24.3 Å². The van der Waals surface area contributed by atoms with Gasteiger partial charge in [0.05, 0.1) is 6.26 Å². The van der Waals surface area contributed by atoms with Crippen molar-refractivity contribution in [1.82, 2.24) is 10.2 Å².